The van der Waals surface area contributed by atoms with Crippen LogP contribution in [0.5, 0.6) is 0 Å². The standard InChI is InChI=1S/C21H27N3O3/c22-7-1-2-8-23-18(25)12-15-13-19(26)27-21-16-6-4-10-24-9-3-5-14(20(16)24)11-17(15)21/h11,13H,1-10,12,22H2,(H,23,25). The van der Waals surface area contributed by atoms with Crippen molar-refractivity contribution < 1.29 is 9.21 Å². The highest BCUT2D eigenvalue weighted by atomic mass is 16.4. The van der Waals surface area contributed by atoms with E-state index >= 15 is 0 Å². The molecule has 0 fully saturated rings. The van der Waals surface area contributed by atoms with Crippen LogP contribution in [0.1, 0.15) is 42.4 Å². The molecule has 3 N–H and O–H groups in total. The first-order chi connectivity index (χ1) is 13.2. The third-order valence-corrected chi connectivity index (χ3v) is 5.62. The van der Waals surface area contributed by atoms with Crippen LogP contribution in [0.15, 0.2) is 21.3 Å². The van der Waals surface area contributed by atoms with Crippen LogP contribution in [-0.2, 0) is 24.1 Å². The van der Waals surface area contributed by atoms with E-state index in [2.05, 4.69) is 16.3 Å². The van der Waals surface area contributed by atoms with Crippen LogP contribution < -0.4 is 21.6 Å². The molecule has 4 rings (SSSR count). The van der Waals surface area contributed by atoms with E-state index in [4.69, 9.17) is 10.2 Å². The topological polar surface area (TPSA) is 88.6 Å². The van der Waals surface area contributed by atoms with E-state index in [1.165, 1.54) is 17.3 Å². The lowest BCUT2D eigenvalue weighted by Gasteiger charge is -2.37. The number of benzene rings is 1. The lowest BCUT2D eigenvalue weighted by Crippen LogP contribution is -2.34. The Morgan fingerprint density at radius 3 is 2.81 bits per heavy atom. The van der Waals surface area contributed by atoms with Gasteiger partial charge in [0.2, 0.25) is 5.91 Å². The van der Waals surface area contributed by atoms with Crippen LogP contribution in [0.25, 0.3) is 11.0 Å². The fourth-order valence-electron chi connectivity index (χ4n) is 4.42. The Hall–Kier alpha value is -2.34. The normalized spacial score (nSPS) is 15.7. The zero-order valence-corrected chi connectivity index (χ0v) is 15.7. The van der Waals surface area contributed by atoms with Gasteiger partial charge < -0.3 is 20.4 Å². The van der Waals surface area contributed by atoms with Gasteiger partial charge in [-0.15, -0.1) is 0 Å². The van der Waals surface area contributed by atoms with Gasteiger partial charge in [-0.2, -0.15) is 0 Å². The summed E-state index contributed by atoms with van der Waals surface area (Å²) in [5.74, 6) is -0.0630. The number of aryl methyl sites for hydroxylation is 2. The van der Waals surface area contributed by atoms with E-state index in [0.29, 0.717) is 18.7 Å². The van der Waals surface area contributed by atoms with Crippen LogP contribution in [0.4, 0.5) is 5.69 Å². The van der Waals surface area contributed by atoms with E-state index in [1.54, 1.807) is 0 Å². The fourth-order valence-corrected chi connectivity index (χ4v) is 4.42. The summed E-state index contributed by atoms with van der Waals surface area (Å²) in [6.45, 7) is 3.39. The molecule has 0 unspecified atom stereocenters. The first-order valence-electron chi connectivity index (χ1n) is 10.0. The summed E-state index contributed by atoms with van der Waals surface area (Å²) in [6.07, 6.45) is 6.14. The van der Waals surface area contributed by atoms with Crippen molar-refractivity contribution >= 4 is 22.6 Å². The van der Waals surface area contributed by atoms with Gasteiger partial charge in [0.1, 0.15) is 5.58 Å². The molecule has 0 bridgehead atoms. The summed E-state index contributed by atoms with van der Waals surface area (Å²) in [6, 6.07) is 3.62. The number of carbonyl (C=O) groups excluding carboxylic acids is 1. The van der Waals surface area contributed by atoms with Crippen LogP contribution in [0.2, 0.25) is 0 Å². The average molecular weight is 369 g/mol. The molecule has 0 aliphatic carbocycles. The molecule has 2 aliphatic heterocycles. The number of rotatable bonds is 6. The van der Waals surface area contributed by atoms with E-state index in [0.717, 1.165) is 68.1 Å². The van der Waals surface area contributed by atoms with E-state index in [-0.39, 0.29) is 18.0 Å². The van der Waals surface area contributed by atoms with Crippen LogP contribution >= 0.6 is 0 Å². The van der Waals surface area contributed by atoms with Gasteiger partial charge >= 0.3 is 5.63 Å². The molecule has 3 heterocycles. The number of anilines is 1. The Bertz CT molecular complexity index is 917. The van der Waals surface area contributed by atoms with Crippen molar-refractivity contribution in [2.45, 2.75) is 44.9 Å². The molecular formula is C21H27N3O3. The summed E-state index contributed by atoms with van der Waals surface area (Å²) >= 11 is 0. The Balaban J connectivity index is 1.70. The Morgan fingerprint density at radius 2 is 2.00 bits per heavy atom. The minimum absolute atomic E-state index is 0.0630. The molecule has 0 saturated heterocycles. The van der Waals surface area contributed by atoms with Gasteiger partial charge in [-0.1, -0.05) is 0 Å². The molecule has 144 valence electrons. The highest BCUT2D eigenvalue weighted by molar-refractivity contribution is 5.93. The zero-order valence-electron chi connectivity index (χ0n) is 15.7. The molecule has 6 nitrogen and oxygen atoms in total. The summed E-state index contributed by atoms with van der Waals surface area (Å²) in [5.41, 5.74) is 10.3. The van der Waals surface area contributed by atoms with Crippen molar-refractivity contribution in [2.24, 2.45) is 5.73 Å². The molecule has 2 aliphatic rings. The zero-order chi connectivity index (χ0) is 18.8. The SMILES string of the molecule is NCCCCNC(=O)Cc1cc(=O)oc2c3c4c(cc12)CCCN4CCC3. The molecule has 1 aromatic heterocycles. The van der Waals surface area contributed by atoms with Crippen molar-refractivity contribution in [3.05, 3.63) is 39.2 Å². The third-order valence-electron chi connectivity index (χ3n) is 5.62. The molecule has 1 aromatic carbocycles. The summed E-state index contributed by atoms with van der Waals surface area (Å²) in [4.78, 5) is 27.0. The second-order valence-electron chi connectivity index (χ2n) is 7.55. The van der Waals surface area contributed by atoms with Gasteiger partial charge in [0, 0.05) is 42.3 Å². The largest absolute Gasteiger partial charge is 0.422 e. The second-order valence-corrected chi connectivity index (χ2v) is 7.55. The molecule has 2 aromatic rings. The van der Waals surface area contributed by atoms with Crippen molar-refractivity contribution in [1.29, 1.82) is 0 Å². The van der Waals surface area contributed by atoms with E-state index < -0.39 is 0 Å². The predicted octanol–water partition coefficient (Wildman–Crippen LogP) is 1.89. The Morgan fingerprint density at radius 1 is 1.19 bits per heavy atom. The molecule has 0 saturated carbocycles. The lowest BCUT2D eigenvalue weighted by atomic mass is 9.89. The average Bonchev–Trinajstić information content (AvgIpc) is 2.66. The summed E-state index contributed by atoms with van der Waals surface area (Å²) in [5, 5.41) is 3.84. The van der Waals surface area contributed by atoms with Crippen LogP contribution in [0, 0.1) is 0 Å². The number of amides is 1. The van der Waals surface area contributed by atoms with Gasteiger partial charge in [0.25, 0.3) is 0 Å². The molecule has 0 radical (unpaired) electrons. The van der Waals surface area contributed by atoms with Gasteiger partial charge in [-0.3, -0.25) is 4.79 Å². The Labute approximate surface area is 158 Å². The van der Waals surface area contributed by atoms with Crippen molar-refractivity contribution in [3.8, 4) is 0 Å². The first-order valence-corrected chi connectivity index (χ1v) is 10.0. The first kappa shape index (κ1) is 18.0. The number of carbonyl (C=O) groups is 1. The van der Waals surface area contributed by atoms with Crippen molar-refractivity contribution in [1.82, 2.24) is 5.32 Å². The number of hydrogen-bond acceptors (Lipinski definition) is 5. The highest BCUT2D eigenvalue weighted by Gasteiger charge is 2.27. The quantitative estimate of drug-likeness (QED) is 0.600. The molecule has 1 amide bonds. The number of hydrogen-bond donors (Lipinski definition) is 2. The number of nitrogens with zero attached hydrogens (tertiary/aromatic N) is 1. The molecule has 0 atom stereocenters. The molecule has 0 spiro atoms. The maximum Gasteiger partial charge on any atom is 0.336 e. The third kappa shape index (κ3) is 3.58. The predicted molar refractivity (Wildman–Crippen MR) is 106 cm³/mol. The van der Waals surface area contributed by atoms with Gasteiger partial charge in [-0.25, -0.2) is 4.79 Å². The number of nitrogens with two attached hydrogens (primary N) is 1. The van der Waals surface area contributed by atoms with Crippen LogP contribution in [-0.4, -0.2) is 32.1 Å². The molecule has 27 heavy (non-hydrogen) atoms. The van der Waals surface area contributed by atoms with Crippen molar-refractivity contribution in [3.63, 3.8) is 0 Å². The highest BCUT2D eigenvalue weighted by Crippen LogP contribution is 2.40. The minimum Gasteiger partial charge on any atom is -0.422 e. The second kappa shape index (κ2) is 7.72. The number of nitrogens with one attached hydrogen (secondary N) is 1. The summed E-state index contributed by atoms with van der Waals surface area (Å²) in [7, 11) is 0. The molecule has 6 heteroatoms. The van der Waals surface area contributed by atoms with Gasteiger partial charge in [-0.05, 0) is 62.3 Å². The number of unbranched alkanes of at least 4 members (excludes halogenated alkanes) is 1. The van der Waals surface area contributed by atoms with E-state index in [1.807, 2.05) is 0 Å². The van der Waals surface area contributed by atoms with Crippen molar-refractivity contribution in [2.75, 3.05) is 31.1 Å². The summed E-state index contributed by atoms with van der Waals surface area (Å²) < 4.78 is 5.64. The van der Waals surface area contributed by atoms with Gasteiger partial charge in [0.05, 0.1) is 6.42 Å². The monoisotopic (exact) mass is 369 g/mol. The minimum atomic E-state index is -0.377. The maximum atomic E-state index is 12.4. The molecular weight excluding hydrogens is 342 g/mol. The fraction of sp³-hybridized carbons (Fsp3) is 0.524. The smallest absolute Gasteiger partial charge is 0.336 e. The lowest BCUT2D eigenvalue weighted by molar-refractivity contribution is -0.120. The Kier molecular flexibility index (Phi) is 5.16. The number of fused-ring (bicyclic) bond motifs is 2. The van der Waals surface area contributed by atoms with E-state index in [9.17, 15) is 9.59 Å². The maximum absolute atomic E-state index is 12.4. The van der Waals surface area contributed by atoms with Gasteiger partial charge in [0.15, 0.2) is 0 Å². The van der Waals surface area contributed by atoms with Crippen LogP contribution in [0.3, 0.4) is 0 Å².